The van der Waals surface area contributed by atoms with Crippen molar-refractivity contribution in [2.45, 2.75) is 26.3 Å². The summed E-state index contributed by atoms with van der Waals surface area (Å²) in [6.07, 6.45) is 2.25. The first-order valence-electron chi connectivity index (χ1n) is 5.49. The number of aryl methyl sites for hydroxylation is 1. The Bertz CT molecular complexity index is 485. The van der Waals surface area contributed by atoms with Gasteiger partial charge in [-0.05, 0) is 24.8 Å². The number of thiophene rings is 1. The second-order valence-electron chi connectivity index (χ2n) is 3.74. The van der Waals surface area contributed by atoms with Crippen molar-refractivity contribution >= 4 is 17.2 Å². The van der Waals surface area contributed by atoms with Gasteiger partial charge in [0.15, 0.2) is 11.6 Å². The minimum absolute atomic E-state index is 0.0961. The zero-order valence-corrected chi connectivity index (χ0v) is 10.6. The molecule has 5 heteroatoms. The van der Waals surface area contributed by atoms with Gasteiger partial charge in [0.2, 0.25) is 0 Å². The fourth-order valence-corrected chi connectivity index (χ4v) is 2.45. The van der Waals surface area contributed by atoms with Gasteiger partial charge in [-0.3, -0.25) is 0 Å². The van der Waals surface area contributed by atoms with Crippen molar-refractivity contribution in [3.63, 3.8) is 0 Å². The Kier molecular flexibility index (Phi) is 3.68. The predicted octanol–water partition coefficient (Wildman–Crippen LogP) is 3.55. The lowest BCUT2D eigenvalue weighted by Gasteiger charge is -2.16. The SMILES string of the molecule is CCC(Nc1ncnc(C)c1F)c1cccs1. The summed E-state index contributed by atoms with van der Waals surface area (Å²) < 4.78 is 13.8. The van der Waals surface area contributed by atoms with E-state index in [1.54, 1.807) is 18.3 Å². The Labute approximate surface area is 104 Å². The molecule has 3 nitrogen and oxygen atoms in total. The lowest BCUT2D eigenvalue weighted by Crippen LogP contribution is -2.11. The molecule has 0 amide bonds. The van der Waals surface area contributed by atoms with Crippen LogP contribution in [0.15, 0.2) is 23.8 Å². The average molecular weight is 251 g/mol. The Balaban J connectivity index is 2.22. The van der Waals surface area contributed by atoms with Crippen molar-refractivity contribution in [1.82, 2.24) is 9.97 Å². The second kappa shape index (κ2) is 5.23. The minimum atomic E-state index is -0.373. The molecular formula is C12H14FN3S. The van der Waals surface area contributed by atoms with Crippen LogP contribution < -0.4 is 5.32 Å². The van der Waals surface area contributed by atoms with Crippen LogP contribution in [0.4, 0.5) is 10.2 Å². The van der Waals surface area contributed by atoms with Crippen LogP contribution in [-0.2, 0) is 0 Å². The predicted molar refractivity (Wildman–Crippen MR) is 67.7 cm³/mol. The number of hydrogen-bond donors (Lipinski definition) is 1. The van der Waals surface area contributed by atoms with Gasteiger partial charge in [-0.25, -0.2) is 14.4 Å². The topological polar surface area (TPSA) is 37.8 Å². The van der Waals surface area contributed by atoms with E-state index in [1.807, 2.05) is 17.5 Å². The third-order valence-electron chi connectivity index (χ3n) is 2.57. The van der Waals surface area contributed by atoms with Gasteiger partial charge in [0, 0.05) is 4.88 Å². The van der Waals surface area contributed by atoms with E-state index in [2.05, 4.69) is 22.2 Å². The molecule has 0 aliphatic rings. The lowest BCUT2D eigenvalue weighted by atomic mass is 10.2. The van der Waals surface area contributed by atoms with Crippen molar-refractivity contribution in [2.24, 2.45) is 0 Å². The Morgan fingerprint density at radius 2 is 2.29 bits per heavy atom. The second-order valence-corrected chi connectivity index (χ2v) is 4.72. The van der Waals surface area contributed by atoms with Crippen LogP contribution in [0.2, 0.25) is 0 Å². The Morgan fingerprint density at radius 3 is 2.94 bits per heavy atom. The Morgan fingerprint density at radius 1 is 1.47 bits per heavy atom. The number of nitrogens with one attached hydrogen (secondary N) is 1. The van der Waals surface area contributed by atoms with E-state index in [-0.39, 0.29) is 17.7 Å². The van der Waals surface area contributed by atoms with Crippen molar-refractivity contribution < 1.29 is 4.39 Å². The molecule has 2 heterocycles. The van der Waals surface area contributed by atoms with E-state index in [1.165, 1.54) is 11.2 Å². The van der Waals surface area contributed by atoms with Gasteiger partial charge in [0.1, 0.15) is 6.33 Å². The summed E-state index contributed by atoms with van der Waals surface area (Å²) in [6.45, 7) is 3.69. The summed E-state index contributed by atoms with van der Waals surface area (Å²) in [7, 11) is 0. The highest BCUT2D eigenvalue weighted by Gasteiger charge is 2.14. The van der Waals surface area contributed by atoms with Gasteiger partial charge >= 0.3 is 0 Å². The zero-order valence-electron chi connectivity index (χ0n) is 9.77. The highest BCUT2D eigenvalue weighted by molar-refractivity contribution is 7.10. The van der Waals surface area contributed by atoms with E-state index in [0.717, 1.165) is 6.42 Å². The minimum Gasteiger partial charge on any atom is -0.360 e. The van der Waals surface area contributed by atoms with Crippen LogP contribution in [0.1, 0.15) is 30.0 Å². The highest BCUT2D eigenvalue weighted by atomic mass is 32.1. The maximum Gasteiger partial charge on any atom is 0.186 e. The van der Waals surface area contributed by atoms with Gasteiger partial charge in [-0.15, -0.1) is 11.3 Å². The quantitative estimate of drug-likeness (QED) is 0.903. The van der Waals surface area contributed by atoms with Gasteiger partial charge in [0.25, 0.3) is 0 Å². The molecular weight excluding hydrogens is 237 g/mol. The van der Waals surface area contributed by atoms with E-state index in [4.69, 9.17) is 0 Å². The van der Waals surface area contributed by atoms with Crippen LogP contribution >= 0.6 is 11.3 Å². The molecule has 0 radical (unpaired) electrons. The fourth-order valence-electron chi connectivity index (χ4n) is 1.59. The van der Waals surface area contributed by atoms with Crippen LogP contribution in [0.3, 0.4) is 0 Å². The Hall–Kier alpha value is -1.49. The molecule has 17 heavy (non-hydrogen) atoms. The van der Waals surface area contributed by atoms with Crippen LogP contribution in [0, 0.1) is 12.7 Å². The molecule has 2 aromatic heterocycles. The monoisotopic (exact) mass is 251 g/mol. The normalized spacial score (nSPS) is 12.4. The third kappa shape index (κ3) is 2.61. The summed E-state index contributed by atoms with van der Waals surface area (Å²) in [4.78, 5) is 8.94. The lowest BCUT2D eigenvalue weighted by molar-refractivity contribution is 0.599. The molecule has 0 aromatic carbocycles. The van der Waals surface area contributed by atoms with Gasteiger partial charge in [-0.2, -0.15) is 0 Å². The van der Waals surface area contributed by atoms with E-state index in [0.29, 0.717) is 5.69 Å². The zero-order chi connectivity index (χ0) is 12.3. The first kappa shape index (κ1) is 12.0. The molecule has 1 unspecified atom stereocenters. The standard InChI is InChI=1S/C12H14FN3S/c1-3-9(10-5-4-6-17-10)16-12-11(13)8(2)14-7-15-12/h4-7,9H,3H2,1-2H3,(H,14,15,16). The first-order valence-corrected chi connectivity index (χ1v) is 6.37. The maximum absolute atomic E-state index is 13.8. The summed E-state index contributed by atoms with van der Waals surface area (Å²) in [5.41, 5.74) is 0.364. The van der Waals surface area contributed by atoms with Crippen molar-refractivity contribution in [3.05, 3.63) is 40.2 Å². The number of halogens is 1. The smallest absolute Gasteiger partial charge is 0.186 e. The number of anilines is 1. The summed E-state index contributed by atoms with van der Waals surface area (Å²) in [5.74, 6) is -0.0970. The molecule has 1 atom stereocenters. The number of aromatic nitrogens is 2. The number of rotatable bonds is 4. The summed E-state index contributed by atoms with van der Waals surface area (Å²) in [5, 5.41) is 5.14. The van der Waals surface area contributed by atoms with E-state index in [9.17, 15) is 4.39 Å². The van der Waals surface area contributed by atoms with Crippen LogP contribution in [0.5, 0.6) is 0 Å². The van der Waals surface area contributed by atoms with E-state index < -0.39 is 0 Å². The van der Waals surface area contributed by atoms with Gasteiger partial charge < -0.3 is 5.32 Å². The molecule has 0 aliphatic carbocycles. The molecule has 0 bridgehead atoms. The number of hydrogen-bond acceptors (Lipinski definition) is 4. The molecule has 1 N–H and O–H groups in total. The van der Waals surface area contributed by atoms with Crippen LogP contribution in [-0.4, -0.2) is 9.97 Å². The molecule has 2 aromatic rings. The van der Waals surface area contributed by atoms with Crippen molar-refractivity contribution in [3.8, 4) is 0 Å². The molecule has 90 valence electrons. The van der Waals surface area contributed by atoms with Crippen molar-refractivity contribution in [2.75, 3.05) is 5.32 Å². The van der Waals surface area contributed by atoms with E-state index >= 15 is 0 Å². The summed E-state index contributed by atoms with van der Waals surface area (Å²) in [6, 6.07) is 4.13. The first-order chi connectivity index (χ1) is 8.22. The summed E-state index contributed by atoms with van der Waals surface area (Å²) >= 11 is 1.66. The molecule has 0 spiro atoms. The molecule has 2 rings (SSSR count). The maximum atomic E-state index is 13.8. The largest absolute Gasteiger partial charge is 0.360 e. The molecule has 0 fully saturated rings. The van der Waals surface area contributed by atoms with Crippen molar-refractivity contribution in [1.29, 1.82) is 0 Å². The molecule has 0 saturated carbocycles. The van der Waals surface area contributed by atoms with Gasteiger partial charge in [0.05, 0.1) is 11.7 Å². The highest BCUT2D eigenvalue weighted by Crippen LogP contribution is 2.26. The van der Waals surface area contributed by atoms with Gasteiger partial charge in [-0.1, -0.05) is 13.0 Å². The molecule has 0 saturated heterocycles. The fraction of sp³-hybridized carbons (Fsp3) is 0.333. The third-order valence-corrected chi connectivity index (χ3v) is 3.56. The number of nitrogens with zero attached hydrogens (tertiary/aromatic N) is 2. The van der Waals surface area contributed by atoms with Crippen LogP contribution in [0.25, 0.3) is 0 Å². The molecule has 0 aliphatic heterocycles. The average Bonchev–Trinajstić information content (AvgIpc) is 2.85.